The molecular weight excluding hydrogens is 270 g/mol. The predicted octanol–water partition coefficient (Wildman–Crippen LogP) is 2.56. The molecule has 0 saturated carbocycles. The molecule has 1 amide bonds. The predicted molar refractivity (Wildman–Crippen MR) is 76.4 cm³/mol. The van der Waals surface area contributed by atoms with Crippen LogP contribution in [0.1, 0.15) is 12.8 Å². The van der Waals surface area contributed by atoms with E-state index in [1.54, 1.807) is 11.0 Å². The third kappa shape index (κ3) is 2.99. The molecule has 1 aliphatic heterocycles. The molecule has 1 aromatic rings. The van der Waals surface area contributed by atoms with E-state index in [1.807, 2.05) is 18.2 Å². The lowest BCUT2D eigenvalue weighted by Crippen LogP contribution is -2.43. The molecule has 1 N–H and O–H groups in total. The number of rotatable bonds is 4. The van der Waals surface area contributed by atoms with Crippen LogP contribution < -0.4 is 4.90 Å². The molecule has 0 radical (unpaired) electrons. The van der Waals surface area contributed by atoms with Crippen molar-refractivity contribution in [1.82, 2.24) is 0 Å². The van der Waals surface area contributed by atoms with Crippen LogP contribution in [0.2, 0.25) is 5.02 Å². The second-order valence-electron chi connectivity index (χ2n) is 4.17. The Balaban J connectivity index is 2.14. The summed E-state index contributed by atoms with van der Waals surface area (Å²) in [5, 5.41) is 9.40. The summed E-state index contributed by atoms with van der Waals surface area (Å²) in [6, 6.07) is 7.42. The average molecular weight is 286 g/mol. The number of aliphatic hydroxyl groups excluding tert-OH is 1. The second-order valence-corrected chi connectivity index (χ2v) is 5.88. The summed E-state index contributed by atoms with van der Waals surface area (Å²) in [6.07, 6.45) is 1.85. The minimum absolute atomic E-state index is 0.0535. The number of hydrogen-bond acceptors (Lipinski definition) is 3. The Kier molecular flexibility index (Phi) is 4.92. The van der Waals surface area contributed by atoms with Crippen molar-refractivity contribution in [2.24, 2.45) is 0 Å². The van der Waals surface area contributed by atoms with Crippen molar-refractivity contribution in [3.05, 3.63) is 29.3 Å². The quantitative estimate of drug-likeness (QED) is 0.924. The first kappa shape index (κ1) is 13.7. The third-order valence-corrected chi connectivity index (χ3v) is 4.52. The summed E-state index contributed by atoms with van der Waals surface area (Å²) < 4.78 is 0. The van der Waals surface area contributed by atoms with Gasteiger partial charge in [0.2, 0.25) is 5.91 Å². The molecule has 98 valence electrons. The molecule has 1 fully saturated rings. The number of halogens is 1. The lowest BCUT2D eigenvalue weighted by Gasteiger charge is -2.32. The molecule has 5 heteroatoms. The number of anilines is 1. The van der Waals surface area contributed by atoms with E-state index < -0.39 is 0 Å². The van der Waals surface area contributed by atoms with Gasteiger partial charge in [-0.1, -0.05) is 23.7 Å². The molecule has 1 saturated heterocycles. The number of nitrogens with zero attached hydrogens (tertiary/aromatic N) is 1. The maximum absolute atomic E-state index is 12.3. The number of carbonyl (C=O) groups is 1. The van der Waals surface area contributed by atoms with Crippen LogP contribution in [-0.2, 0) is 4.79 Å². The van der Waals surface area contributed by atoms with E-state index in [2.05, 4.69) is 0 Å². The van der Waals surface area contributed by atoms with E-state index in [9.17, 15) is 4.79 Å². The largest absolute Gasteiger partial charge is 0.396 e. The molecule has 18 heavy (non-hydrogen) atoms. The fourth-order valence-electron chi connectivity index (χ4n) is 2.10. The Morgan fingerprint density at radius 2 is 2.22 bits per heavy atom. The van der Waals surface area contributed by atoms with Crippen molar-refractivity contribution in [2.75, 3.05) is 23.8 Å². The lowest BCUT2D eigenvalue weighted by molar-refractivity contribution is -0.119. The normalized spacial score (nSPS) is 20.2. The van der Waals surface area contributed by atoms with Gasteiger partial charge < -0.3 is 10.0 Å². The summed E-state index contributed by atoms with van der Waals surface area (Å²) in [4.78, 5) is 14.1. The van der Waals surface area contributed by atoms with Crippen molar-refractivity contribution in [2.45, 2.75) is 18.1 Å². The average Bonchev–Trinajstić information content (AvgIpc) is 2.39. The number of hydrogen-bond donors (Lipinski definition) is 1. The summed E-state index contributed by atoms with van der Waals surface area (Å²) in [7, 11) is 0. The highest BCUT2D eigenvalue weighted by Gasteiger charge is 2.30. The first-order valence-electron chi connectivity index (χ1n) is 6.02. The molecule has 0 aliphatic carbocycles. The zero-order valence-corrected chi connectivity index (χ0v) is 11.6. The summed E-state index contributed by atoms with van der Waals surface area (Å²) in [6.45, 7) is 0.833. The van der Waals surface area contributed by atoms with E-state index in [4.69, 9.17) is 16.7 Å². The van der Waals surface area contributed by atoms with Crippen LogP contribution in [0.4, 0.5) is 5.69 Å². The van der Waals surface area contributed by atoms with Gasteiger partial charge in [-0.25, -0.2) is 0 Å². The molecule has 1 unspecified atom stereocenters. The van der Waals surface area contributed by atoms with Gasteiger partial charge in [0.05, 0.1) is 22.6 Å². The first-order valence-corrected chi connectivity index (χ1v) is 7.45. The van der Waals surface area contributed by atoms with E-state index >= 15 is 0 Å². The fraction of sp³-hybridized carbons (Fsp3) is 0.462. The molecule has 2 rings (SSSR count). The molecule has 1 aromatic carbocycles. The topological polar surface area (TPSA) is 40.5 Å². The monoisotopic (exact) mass is 285 g/mol. The minimum atomic E-state index is -0.0535. The number of thioether (sulfide) groups is 1. The smallest absolute Gasteiger partial charge is 0.240 e. The lowest BCUT2D eigenvalue weighted by atomic mass is 10.1. The van der Waals surface area contributed by atoms with Crippen LogP contribution in [0.3, 0.4) is 0 Å². The van der Waals surface area contributed by atoms with Crippen molar-refractivity contribution in [1.29, 1.82) is 0 Å². The number of para-hydroxylation sites is 1. The van der Waals surface area contributed by atoms with E-state index in [0.717, 1.165) is 25.1 Å². The third-order valence-electron chi connectivity index (χ3n) is 2.94. The Labute approximate surface area is 116 Å². The number of amides is 1. The molecule has 1 heterocycles. The number of aliphatic hydroxyl groups is 1. The maximum atomic E-state index is 12.3. The first-order chi connectivity index (χ1) is 8.74. The van der Waals surface area contributed by atoms with Crippen molar-refractivity contribution >= 4 is 35.0 Å². The molecule has 0 bridgehead atoms. The van der Waals surface area contributed by atoms with E-state index in [-0.39, 0.29) is 17.8 Å². The Morgan fingerprint density at radius 3 is 2.94 bits per heavy atom. The van der Waals surface area contributed by atoms with Gasteiger partial charge in [0.15, 0.2) is 0 Å². The second kappa shape index (κ2) is 6.45. The Morgan fingerprint density at radius 1 is 1.44 bits per heavy atom. The minimum Gasteiger partial charge on any atom is -0.396 e. The summed E-state index contributed by atoms with van der Waals surface area (Å²) in [5.41, 5.74) is 0.790. The highest BCUT2D eigenvalue weighted by molar-refractivity contribution is 8.00. The standard InChI is InChI=1S/C13H16ClNO2S/c14-10-4-1-2-5-11(10)15-7-3-6-12(13(15)17)18-9-8-16/h1-2,4-5,12,16H,3,6-9H2. The van der Waals surface area contributed by atoms with E-state index in [1.165, 1.54) is 11.8 Å². The van der Waals surface area contributed by atoms with Crippen LogP contribution in [0.25, 0.3) is 0 Å². The van der Waals surface area contributed by atoms with Gasteiger partial charge >= 0.3 is 0 Å². The van der Waals surface area contributed by atoms with Crippen LogP contribution in [0, 0.1) is 0 Å². The molecular formula is C13H16ClNO2S. The zero-order valence-electron chi connectivity index (χ0n) is 10.0. The number of piperidine rings is 1. The fourth-order valence-corrected chi connectivity index (χ4v) is 3.33. The molecule has 0 spiro atoms. The van der Waals surface area contributed by atoms with E-state index in [0.29, 0.717) is 10.8 Å². The summed E-state index contributed by atoms with van der Waals surface area (Å²) >= 11 is 7.66. The Bertz CT molecular complexity index is 427. The molecule has 0 aromatic heterocycles. The van der Waals surface area contributed by atoms with Crippen LogP contribution in [0.15, 0.2) is 24.3 Å². The van der Waals surface area contributed by atoms with Gasteiger partial charge in [0.1, 0.15) is 0 Å². The van der Waals surface area contributed by atoms with Crippen LogP contribution in [0.5, 0.6) is 0 Å². The van der Waals surface area contributed by atoms with Gasteiger partial charge in [0.25, 0.3) is 0 Å². The van der Waals surface area contributed by atoms with Crippen molar-refractivity contribution in [3.8, 4) is 0 Å². The van der Waals surface area contributed by atoms with Gasteiger partial charge in [-0.2, -0.15) is 0 Å². The van der Waals surface area contributed by atoms with Gasteiger partial charge in [-0.3, -0.25) is 4.79 Å². The molecule has 3 nitrogen and oxygen atoms in total. The van der Waals surface area contributed by atoms with Crippen LogP contribution in [-0.4, -0.2) is 35.2 Å². The summed E-state index contributed by atoms with van der Waals surface area (Å²) in [5.74, 6) is 0.708. The van der Waals surface area contributed by atoms with Crippen molar-refractivity contribution in [3.63, 3.8) is 0 Å². The van der Waals surface area contributed by atoms with Gasteiger partial charge in [-0.05, 0) is 25.0 Å². The highest BCUT2D eigenvalue weighted by Crippen LogP contribution is 2.31. The number of carbonyl (C=O) groups excluding carboxylic acids is 1. The number of benzene rings is 1. The molecule has 1 atom stereocenters. The SMILES string of the molecule is O=C1C(SCCO)CCCN1c1ccccc1Cl. The Hall–Kier alpha value is -0.710. The van der Waals surface area contributed by atoms with Gasteiger partial charge in [-0.15, -0.1) is 11.8 Å². The maximum Gasteiger partial charge on any atom is 0.240 e. The molecule has 1 aliphatic rings. The van der Waals surface area contributed by atoms with Gasteiger partial charge in [0, 0.05) is 12.3 Å². The van der Waals surface area contributed by atoms with Crippen molar-refractivity contribution < 1.29 is 9.90 Å². The zero-order chi connectivity index (χ0) is 13.0. The highest BCUT2D eigenvalue weighted by atomic mass is 35.5. The van der Waals surface area contributed by atoms with Crippen LogP contribution >= 0.6 is 23.4 Å².